The lowest BCUT2D eigenvalue weighted by molar-refractivity contribution is -0.385. The number of nitrogens with zero attached hydrogens (tertiary/aromatic N) is 1. The molecule has 0 bridgehead atoms. The number of nitro groups is 1. The lowest BCUT2D eigenvalue weighted by Crippen LogP contribution is -2.10. The molecule has 0 heterocycles. The van der Waals surface area contributed by atoms with Crippen LogP contribution < -0.4 is 5.73 Å². The summed E-state index contributed by atoms with van der Waals surface area (Å²) in [7, 11) is 0. The van der Waals surface area contributed by atoms with Crippen LogP contribution >= 0.6 is 0 Å². The van der Waals surface area contributed by atoms with Crippen molar-refractivity contribution >= 4 is 5.69 Å². The number of hydrogen-bond acceptors (Lipinski definition) is 4. The second kappa shape index (κ2) is 4.76. The number of nitrogens with two attached hydrogens (primary N) is 1. The number of benzene rings is 1. The monoisotopic (exact) mass is 222 g/mol. The van der Waals surface area contributed by atoms with Crippen molar-refractivity contribution in [2.75, 3.05) is 0 Å². The molecule has 0 aliphatic heterocycles. The minimum Gasteiger partial charge on any atom is -0.502 e. The highest BCUT2D eigenvalue weighted by Crippen LogP contribution is 2.29. The summed E-state index contributed by atoms with van der Waals surface area (Å²) in [5.74, 6) is -0.351. The minimum atomic E-state index is -0.633. The highest BCUT2D eigenvalue weighted by molar-refractivity contribution is 5.48. The number of hydrogen-bond donors (Lipinski definition) is 2. The lowest BCUT2D eigenvalue weighted by Gasteiger charge is -2.11. The molecule has 0 aliphatic rings. The van der Waals surface area contributed by atoms with Crippen LogP contribution in [0.25, 0.3) is 0 Å². The van der Waals surface area contributed by atoms with E-state index in [0.29, 0.717) is 12.0 Å². The summed E-state index contributed by atoms with van der Waals surface area (Å²) in [6.45, 7) is 5.57. The highest BCUT2D eigenvalue weighted by atomic mass is 16.6. The normalized spacial score (nSPS) is 12.1. The van der Waals surface area contributed by atoms with Gasteiger partial charge in [-0.2, -0.15) is 0 Å². The average Bonchev–Trinajstić information content (AvgIpc) is 2.16. The number of phenols is 1. The van der Waals surface area contributed by atoms with Gasteiger partial charge in [-0.05, 0) is 25.0 Å². The fourth-order valence-electron chi connectivity index (χ4n) is 1.41. The molecule has 5 heteroatoms. The first-order valence-corrected chi connectivity index (χ1v) is 4.79. The van der Waals surface area contributed by atoms with Gasteiger partial charge in [-0.3, -0.25) is 10.1 Å². The first-order chi connectivity index (χ1) is 7.41. The van der Waals surface area contributed by atoms with Gasteiger partial charge in [0.25, 0.3) is 0 Å². The van der Waals surface area contributed by atoms with E-state index in [1.807, 2.05) is 6.92 Å². The maximum Gasteiger partial charge on any atom is 0.311 e. The zero-order chi connectivity index (χ0) is 12.3. The molecule has 0 spiro atoms. The van der Waals surface area contributed by atoms with E-state index in [4.69, 9.17) is 5.73 Å². The van der Waals surface area contributed by atoms with Crippen LogP contribution in [0.15, 0.2) is 30.4 Å². The fourth-order valence-corrected chi connectivity index (χ4v) is 1.41. The summed E-state index contributed by atoms with van der Waals surface area (Å²) in [5, 5.41) is 19.9. The van der Waals surface area contributed by atoms with E-state index in [2.05, 4.69) is 6.58 Å². The predicted octanol–water partition coefficient (Wildman–Crippen LogP) is 2.27. The van der Waals surface area contributed by atoms with E-state index in [9.17, 15) is 15.2 Å². The smallest absolute Gasteiger partial charge is 0.311 e. The molecule has 0 radical (unpaired) electrons. The van der Waals surface area contributed by atoms with Crippen molar-refractivity contribution in [1.82, 2.24) is 0 Å². The summed E-state index contributed by atoms with van der Waals surface area (Å²) >= 11 is 0. The van der Waals surface area contributed by atoms with Gasteiger partial charge >= 0.3 is 5.69 Å². The van der Waals surface area contributed by atoms with Gasteiger partial charge in [0.2, 0.25) is 0 Å². The summed E-state index contributed by atoms with van der Waals surface area (Å²) in [4.78, 5) is 9.97. The van der Waals surface area contributed by atoms with Crippen LogP contribution in [-0.2, 0) is 0 Å². The van der Waals surface area contributed by atoms with Gasteiger partial charge in [-0.15, -0.1) is 6.58 Å². The van der Waals surface area contributed by atoms with Crippen LogP contribution in [0.2, 0.25) is 0 Å². The third kappa shape index (κ3) is 2.80. The zero-order valence-corrected chi connectivity index (χ0v) is 9.01. The Morgan fingerprint density at radius 3 is 2.81 bits per heavy atom. The molecule has 1 atom stereocenters. The van der Waals surface area contributed by atoms with Crippen LogP contribution in [0.3, 0.4) is 0 Å². The van der Waals surface area contributed by atoms with E-state index in [1.54, 1.807) is 6.07 Å². The molecule has 0 amide bonds. The van der Waals surface area contributed by atoms with Gasteiger partial charge in [-0.1, -0.05) is 11.6 Å². The van der Waals surface area contributed by atoms with Crippen LogP contribution in [0.1, 0.15) is 24.9 Å². The highest BCUT2D eigenvalue weighted by Gasteiger charge is 2.16. The van der Waals surface area contributed by atoms with E-state index in [0.717, 1.165) is 5.57 Å². The molecule has 16 heavy (non-hydrogen) atoms. The Kier molecular flexibility index (Phi) is 3.63. The quantitative estimate of drug-likeness (QED) is 0.464. The fraction of sp³-hybridized carbons (Fsp3) is 0.273. The van der Waals surface area contributed by atoms with Crippen molar-refractivity contribution in [1.29, 1.82) is 0 Å². The second-order valence-corrected chi connectivity index (χ2v) is 3.77. The van der Waals surface area contributed by atoms with E-state index in [1.165, 1.54) is 12.1 Å². The topological polar surface area (TPSA) is 89.4 Å². The van der Waals surface area contributed by atoms with Crippen LogP contribution in [0, 0.1) is 10.1 Å². The van der Waals surface area contributed by atoms with E-state index in [-0.39, 0.29) is 17.5 Å². The first-order valence-electron chi connectivity index (χ1n) is 4.79. The molecule has 1 aromatic rings. The van der Waals surface area contributed by atoms with Gasteiger partial charge in [0.1, 0.15) is 0 Å². The predicted molar refractivity (Wildman–Crippen MR) is 61.1 cm³/mol. The molecule has 0 fully saturated rings. The van der Waals surface area contributed by atoms with E-state index >= 15 is 0 Å². The Balaban J connectivity index is 3.02. The Morgan fingerprint density at radius 2 is 2.31 bits per heavy atom. The Morgan fingerprint density at radius 1 is 1.69 bits per heavy atom. The lowest BCUT2D eigenvalue weighted by atomic mass is 10.0. The standard InChI is InChI=1S/C11H14N2O3/c1-7(2)5-9(12)8-3-4-11(14)10(6-8)13(15)16/h3-4,6,9,14H,1,5,12H2,2H3/t9-/m1/s1. The van der Waals surface area contributed by atoms with Crippen molar-refractivity contribution < 1.29 is 10.0 Å². The zero-order valence-electron chi connectivity index (χ0n) is 9.01. The average molecular weight is 222 g/mol. The maximum atomic E-state index is 10.6. The Bertz CT molecular complexity index is 429. The first kappa shape index (κ1) is 12.2. The van der Waals surface area contributed by atoms with Gasteiger partial charge in [0.05, 0.1) is 4.92 Å². The molecule has 0 unspecified atom stereocenters. The maximum absolute atomic E-state index is 10.6. The molecule has 0 aromatic heterocycles. The summed E-state index contributed by atoms with van der Waals surface area (Å²) in [5.41, 5.74) is 7.05. The summed E-state index contributed by atoms with van der Waals surface area (Å²) in [6.07, 6.45) is 0.557. The largest absolute Gasteiger partial charge is 0.502 e. The van der Waals surface area contributed by atoms with Crippen molar-refractivity contribution in [3.63, 3.8) is 0 Å². The van der Waals surface area contributed by atoms with Crippen molar-refractivity contribution in [3.8, 4) is 5.75 Å². The molecule has 1 rings (SSSR count). The van der Waals surface area contributed by atoms with Crippen LogP contribution in [0.4, 0.5) is 5.69 Å². The third-order valence-corrected chi connectivity index (χ3v) is 2.19. The number of rotatable bonds is 4. The van der Waals surface area contributed by atoms with Gasteiger partial charge in [-0.25, -0.2) is 0 Å². The van der Waals surface area contributed by atoms with Gasteiger partial charge in [0.15, 0.2) is 5.75 Å². The Labute approximate surface area is 93.4 Å². The Hall–Kier alpha value is -1.88. The second-order valence-electron chi connectivity index (χ2n) is 3.77. The van der Waals surface area contributed by atoms with Crippen LogP contribution in [0.5, 0.6) is 5.75 Å². The third-order valence-electron chi connectivity index (χ3n) is 2.19. The molecule has 86 valence electrons. The molecular weight excluding hydrogens is 208 g/mol. The molecule has 0 saturated carbocycles. The number of aromatic hydroxyl groups is 1. The number of nitro benzene ring substituents is 1. The van der Waals surface area contributed by atoms with Crippen molar-refractivity contribution in [3.05, 3.63) is 46.0 Å². The molecule has 0 saturated heterocycles. The molecular formula is C11H14N2O3. The molecule has 3 N–H and O–H groups in total. The van der Waals surface area contributed by atoms with Gasteiger partial charge in [0, 0.05) is 12.1 Å². The molecule has 1 aromatic carbocycles. The SMILES string of the molecule is C=C(C)C[C@@H](N)c1ccc(O)c([N+](=O)[O-])c1. The summed E-state index contributed by atoms with van der Waals surface area (Å²) < 4.78 is 0. The van der Waals surface area contributed by atoms with Crippen molar-refractivity contribution in [2.24, 2.45) is 5.73 Å². The summed E-state index contributed by atoms with van der Waals surface area (Å²) in [6, 6.07) is 3.82. The number of phenolic OH excluding ortho intramolecular Hbond substituents is 1. The van der Waals surface area contributed by atoms with Crippen LogP contribution in [-0.4, -0.2) is 10.0 Å². The molecule has 0 aliphatic carbocycles. The molecule has 5 nitrogen and oxygen atoms in total. The van der Waals surface area contributed by atoms with Crippen molar-refractivity contribution in [2.45, 2.75) is 19.4 Å². The van der Waals surface area contributed by atoms with Gasteiger partial charge < -0.3 is 10.8 Å². The minimum absolute atomic E-state index is 0.324. The van der Waals surface area contributed by atoms with E-state index < -0.39 is 4.92 Å².